The van der Waals surface area contributed by atoms with Crippen molar-refractivity contribution in [3.05, 3.63) is 35.5 Å². The van der Waals surface area contributed by atoms with Gasteiger partial charge in [0.15, 0.2) is 0 Å². The summed E-state index contributed by atoms with van der Waals surface area (Å²) in [5, 5.41) is 31.6. The molecule has 208 valence electrons. The van der Waals surface area contributed by atoms with Crippen LogP contribution in [0.4, 0.5) is 0 Å². The second-order valence-corrected chi connectivity index (χ2v) is 13.3. The molecule has 0 saturated heterocycles. The topological polar surface area (TPSA) is 77.8 Å². The van der Waals surface area contributed by atoms with Gasteiger partial charge >= 0.3 is 0 Å². The third kappa shape index (κ3) is 6.17. The van der Waals surface area contributed by atoms with Crippen molar-refractivity contribution in [2.75, 3.05) is 0 Å². The third-order valence-corrected chi connectivity index (χ3v) is 10.9. The number of ketones is 1. The van der Waals surface area contributed by atoms with E-state index in [-0.39, 0.29) is 22.9 Å². The van der Waals surface area contributed by atoms with Crippen molar-refractivity contribution in [2.24, 2.45) is 28.6 Å². The Bertz CT molecular complexity index is 896. The van der Waals surface area contributed by atoms with E-state index in [2.05, 4.69) is 39.5 Å². The minimum atomic E-state index is -0.648. The van der Waals surface area contributed by atoms with Gasteiger partial charge in [0.2, 0.25) is 0 Å². The molecule has 4 heteroatoms. The van der Waals surface area contributed by atoms with Crippen LogP contribution in [0.1, 0.15) is 117 Å². The van der Waals surface area contributed by atoms with Crippen LogP contribution in [0.3, 0.4) is 0 Å². The van der Waals surface area contributed by atoms with Gasteiger partial charge in [-0.3, -0.25) is 4.79 Å². The Labute approximate surface area is 225 Å². The zero-order valence-electron chi connectivity index (χ0n) is 23.7. The van der Waals surface area contributed by atoms with Crippen LogP contribution < -0.4 is 0 Å². The molecule has 4 aliphatic rings. The van der Waals surface area contributed by atoms with E-state index in [1.54, 1.807) is 0 Å². The minimum Gasteiger partial charge on any atom is -0.393 e. The highest BCUT2D eigenvalue weighted by molar-refractivity contribution is 5.87. The van der Waals surface area contributed by atoms with Crippen LogP contribution in [-0.2, 0) is 4.79 Å². The van der Waals surface area contributed by atoms with Crippen molar-refractivity contribution in [2.45, 2.75) is 135 Å². The molecule has 3 N–H and O–H groups in total. The highest BCUT2D eigenvalue weighted by Crippen LogP contribution is 2.60. The number of allylic oxidation sites excluding steroid dienone is 3. The highest BCUT2D eigenvalue weighted by atomic mass is 16.3. The number of carbonyl (C=O) groups is 1. The first-order chi connectivity index (χ1) is 17.6. The molecule has 0 aromatic heterocycles. The molecular formula is C33H52O4. The van der Waals surface area contributed by atoms with Crippen LogP contribution in [0.15, 0.2) is 35.5 Å². The van der Waals surface area contributed by atoms with E-state index in [4.69, 9.17) is 0 Å². The maximum Gasteiger partial charge on any atom is 0.139 e. The summed E-state index contributed by atoms with van der Waals surface area (Å²) >= 11 is 0. The van der Waals surface area contributed by atoms with Gasteiger partial charge in [-0.25, -0.2) is 0 Å². The molecule has 4 aliphatic carbocycles. The van der Waals surface area contributed by atoms with E-state index in [9.17, 15) is 20.1 Å². The van der Waals surface area contributed by atoms with Crippen LogP contribution in [0.2, 0.25) is 0 Å². The van der Waals surface area contributed by atoms with Crippen LogP contribution in [-0.4, -0.2) is 39.4 Å². The molecule has 0 unspecified atom stereocenters. The Balaban J connectivity index is 1.38. The van der Waals surface area contributed by atoms with Gasteiger partial charge in [0, 0.05) is 18.3 Å². The highest BCUT2D eigenvalue weighted by Gasteiger charge is 2.52. The van der Waals surface area contributed by atoms with Gasteiger partial charge in [-0.2, -0.15) is 0 Å². The molecule has 7 atom stereocenters. The molecule has 4 fully saturated rings. The second-order valence-electron chi connectivity index (χ2n) is 13.3. The first kappa shape index (κ1) is 28.8. The van der Waals surface area contributed by atoms with Crippen molar-refractivity contribution in [3.63, 3.8) is 0 Å². The molecule has 4 nitrogen and oxygen atoms in total. The Morgan fingerprint density at radius 1 is 1.16 bits per heavy atom. The van der Waals surface area contributed by atoms with Crippen LogP contribution in [0, 0.1) is 28.6 Å². The zero-order chi connectivity index (χ0) is 26.8. The molecule has 0 aromatic rings. The maximum absolute atomic E-state index is 12.8. The summed E-state index contributed by atoms with van der Waals surface area (Å²) in [5.41, 5.74) is 3.29. The molecular weight excluding hydrogens is 460 g/mol. The van der Waals surface area contributed by atoms with E-state index < -0.39 is 12.2 Å². The molecule has 37 heavy (non-hydrogen) atoms. The summed E-state index contributed by atoms with van der Waals surface area (Å²) < 4.78 is 0. The fourth-order valence-electron chi connectivity index (χ4n) is 8.18. The van der Waals surface area contributed by atoms with Crippen molar-refractivity contribution in [3.8, 4) is 0 Å². The number of aliphatic hydroxyl groups is 3. The van der Waals surface area contributed by atoms with Gasteiger partial charge in [-0.15, -0.1) is 0 Å². The second kappa shape index (κ2) is 11.9. The number of Topliss-reactive ketones (excluding diaryl/α,β-unsaturated/α-hetero) is 1. The maximum atomic E-state index is 12.8. The van der Waals surface area contributed by atoms with E-state index in [1.165, 1.54) is 24.8 Å². The summed E-state index contributed by atoms with van der Waals surface area (Å²) in [7, 11) is 0. The van der Waals surface area contributed by atoms with Crippen molar-refractivity contribution < 1.29 is 20.1 Å². The Hall–Kier alpha value is -1.23. The first-order valence-corrected chi connectivity index (χ1v) is 15.3. The van der Waals surface area contributed by atoms with Gasteiger partial charge in [0.25, 0.3) is 0 Å². The van der Waals surface area contributed by atoms with Crippen LogP contribution in [0.25, 0.3) is 0 Å². The number of hydrogen-bond acceptors (Lipinski definition) is 4. The standard InChI is InChI=1S/C33H52O4/c1-5-6-7-10-31(37)33(18-19-33)17-15-29(35)23(3)27-13-14-28-24(9-8-16-32(27,28)4)11-12-25-20-26(34)21-30(36)22(25)2/h11-12,23,26-30,34-36H,2,5-10,13-21H2,1,3-4H3/t23-,26+,27+,28-,29+,30-,32+/m0/s1. The lowest BCUT2D eigenvalue weighted by molar-refractivity contribution is -0.124. The normalized spacial score (nSPS) is 37.0. The molecule has 0 spiro atoms. The van der Waals surface area contributed by atoms with Crippen molar-refractivity contribution in [1.29, 1.82) is 0 Å². The van der Waals surface area contributed by atoms with E-state index >= 15 is 0 Å². The average Bonchev–Trinajstić information content (AvgIpc) is 3.58. The predicted molar refractivity (Wildman–Crippen MR) is 150 cm³/mol. The van der Waals surface area contributed by atoms with Crippen molar-refractivity contribution >= 4 is 5.78 Å². The number of fused-ring (bicyclic) bond motifs is 1. The molecule has 0 bridgehead atoms. The van der Waals surface area contributed by atoms with Gasteiger partial charge in [0.05, 0.1) is 18.3 Å². The third-order valence-electron chi connectivity index (χ3n) is 10.9. The zero-order valence-corrected chi connectivity index (χ0v) is 23.7. The summed E-state index contributed by atoms with van der Waals surface area (Å²) in [6.45, 7) is 10.9. The average molecular weight is 513 g/mol. The molecule has 4 rings (SSSR count). The first-order valence-electron chi connectivity index (χ1n) is 15.3. The Morgan fingerprint density at radius 3 is 2.62 bits per heavy atom. The molecule has 0 aliphatic heterocycles. The number of rotatable bonds is 11. The van der Waals surface area contributed by atoms with E-state index in [0.717, 1.165) is 75.4 Å². The van der Waals surface area contributed by atoms with Gasteiger partial charge in [0.1, 0.15) is 5.78 Å². The van der Waals surface area contributed by atoms with E-state index in [0.29, 0.717) is 30.5 Å². The SMILES string of the molecule is C=C1C(=CC=C2CCC[C@]3(C)[C@@H]([C@H](C)[C@H](O)CCC4(C(=O)CCCCC)CC4)CC[C@@H]23)C[C@@H](O)C[C@@H]1O. The predicted octanol–water partition coefficient (Wildman–Crippen LogP) is 6.83. The monoisotopic (exact) mass is 512 g/mol. The van der Waals surface area contributed by atoms with Gasteiger partial charge in [-0.05, 0) is 105 Å². The molecule has 0 amide bonds. The van der Waals surface area contributed by atoms with Crippen LogP contribution >= 0.6 is 0 Å². The largest absolute Gasteiger partial charge is 0.393 e. The number of aliphatic hydroxyl groups excluding tert-OH is 3. The molecule has 4 saturated carbocycles. The molecule has 0 heterocycles. The van der Waals surface area contributed by atoms with Crippen LogP contribution in [0.5, 0.6) is 0 Å². The minimum absolute atomic E-state index is 0.116. The van der Waals surface area contributed by atoms with E-state index in [1.807, 2.05) is 0 Å². The lowest BCUT2D eigenvalue weighted by atomic mass is 9.60. The quantitative estimate of drug-likeness (QED) is 0.265. The number of hydrogen-bond donors (Lipinski definition) is 3. The molecule has 0 radical (unpaired) electrons. The van der Waals surface area contributed by atoms with Crippen molar-refractivity contribution in [1.82, 2.24) is 0 Å². The summed E-state index contributed by atoms with van der Waals surface area (Å²) in [4.78, 5) is 12.8. The van der Waals surface area contributed by atoms with Gasteiger partial charge < -0.3 is 15.3 Å². The lowest BCUT2D eigenvalue weighted by Crippen LogP contribution is -2.39. The summed E-state index contributed by atoms with van der Waals surface area (Å²) in [5.74, 6) is 1.71. The van der Waals surface area contributed by atoms with Gasteiger partial charge in [-0.1, -0.05) is 57.9 Å². The molecule has 0 aromatic carbocycles. The summed E-state index contributed by atoms with van der Waals surface area (Å²) in [6, 6.07) is 0. The summed E-state index contributed by atoms with van der Waals surface area (Å²) in [6.07, 6.45) is 17.3. The number of unbranched alkanes of at least 4 members (excludes halogenated alkanes) is 2. The Morgan fingerprint density at radius 2 is 1.92 bits per heavy atom. The fourth-order valence-corrected chi connectivity index (χ4v) is 8.18. The Kier molecular flexibility index (Phi) is 9.24. The fraction of sp³-hybridized carbons (Fsp3) is 0.788. The lowest BCUT2D eigenvalue weighted by Gasteiger charge is -2.45. The number of carbonyl (C=O) groups excluding carboxylic acids is 1. The smallest absolute Gasteiger partial charge is 0.139 e.